The first-order valence-corrected chi connectivity index (χ1v) is 11.2. The van der Waals surface area contributed by atoms with Gasteiger partial charge < -0.3 is 9.64 Å². The molecule has 1 heterocycles. The molecule has 0 aromatic carbocycles. The molecule has 0 unspecified atom stereocenters. The van der Waals surface area contributed by atoms with Gasteiger partial charge in [0.2, 0.25) is 0 Å². The largest absolute Gasteiger partial charge is 0.465 e. The van der Waals surface area contributed by atoms with Crippen LogP contribution in [0.15, 0.2) is 0 Å². The molecule has 0 aromatic rings. The van der Waals surface area contributed by atoms with E-state index < -0.39 is 0 Å². The van der Waals surface area contributed by atoms with Crippen LogP contribution in [0.25, 0.3) is 0 Å². The molecular weight excluding hydrogens is 346 g/mol. The average Bonchev–Trinajstić information content (AvgIpc) is 2.48. The standard InChI is InChI=1S/C25H49NO2/c1-21(2,3)19(22(4,5)6)17-20(27)28-18-24(10,11)25(23(7,8)9)13-15-26(12)16-14-25/h19H,13-18H2,1-12H3. The molecule has 0 bridgehead atoms. The third kappa shape index (κ3) is 5.74. The lowest BCUT2D eigenvalue weighted by molar-refractivity contribution is -0.162. The van der Waals surface area contributed by atoms with Gasteiger partial charge in [0, 0.05) is 11.8 Å². The first kappa shape index (κ1) is 25.5. The Balaban J connectivity index is 2.92. The number of hydrogen-bond acceptors (Lipinski definition) is 3. The Labute approximate surface area is 176 Å². The molecule has 0 radical (unpaired) electrons. The van der Waals surface area contributed by atoms with Crippen molar-refractivity contribution in [1.29, 1.82) is 0 Å². The summed E-state index contributed by atoms with van der Waals surface area (Å²) in [6.07, 6.45) is 2.81. The third-order valence-corrected chi connectivity index (χ3v) is 7.63. The lowest BCUT2D eigenvalue weighted by atomic mass is 9.50. The Hall–Kier alpha value is -0.570. The zero-order valence-electron chi connectivity index (χ0n) is 21.1. The minimum Gasteiger partial charge on any atom is -0.465 e. The Bertz CT molecular complexity index is 506. The van der Waals surface area contributed by atoms with Crippen LogP contribution in [0.5, 0.6) is 0 Å². The van der Waals surface area contributed by atoms with Crippen LogP contribution in [0.2, 0.25) is 0 Å². The van der Waals surface area contributed by atoms with E-state index in [1.807, 2.05) is 0 Å². The minimum absolute atomic E-state index is 0.0417. The van der Waals surface area contributed by atoms with Gasteiger partial charge in [-0.2, -0.15) is 0 Å². The highest BCUT2D eigenvalue weighted by Crippen LogP contribution is 2.58. The van der Waals surface area contributed by atoms with E-state index in [0.29, 0.717) is 13.0 Å². The predicted octanol–water partition coefficient (Wildman–Crippen LogP) is 6.41. The molecule has 1 saturated heterocycles. The molecule has 1 aliphatic heterocycles. The monoisotopic (exact) mass is 395 g/mol. The molecule has 0 aliphatic carbocycles. The SMILES string of the molecule is CN1CCC(C(C)(C)C)(C(C)(C)COC(=O)CC(C(C)(C)C)C(C)(C)C)CC1. The second kappa shape index (κ2) is 8.28. The van der Waals surface area contributed by atoms with E-state index in [4.69, 9.17) is 4.74 Å². The molecule has 0 spiro atoms. The van der Waals surface area contributed by atoms with Crippen LogP contribution >= 0.6 is 0 Å². The maximum absolute atomic E-state index is 12.9. The van der Waals surface area contributed by atoms with Crippen molar-refractivity contribution in [2.75, 3.05) is 26.7 Å². The molecule has 0 atom stereocenters. The second-order valence-electron chi connectivity index (χ2n) is 13.2. The van der Waals surface area contributed by atoms with Gasteiger partial charge in [-0.3, -0.25) is 4.79 Å². The lowest BCUT2D eigenvalue weighted by Gasteiger charge is -2.58. The van der Waals surface area contributed by atoms with E-state index in [-0.39, 0.29) is 39.0 Å². The van der Waals surface area contributed by atoms with Crippen molar-refractivity contribution in [3.05, 3.63) is 0 Å². The van der Waals surface area contributed by atoms with Gasteiger partial charge in [-0.15, -0.1) is 0 Å². The summed E-state index contributed by atoms with van der Waals surface area (Å²) in [6, 6.07) is 0. The number of rotatable bonds is 5. The first-order valence-electron chi connectivity index (χ1n) is 11.2. The fourth-order valence-corrected chi connectivity index (χ4v) is 5.98. The Morgan fingerprint density at radius 1 is 0.893 bits per heavy atom. The highest BCUT2D eigenvalue weighted by molar-refractivity contribution is 5.70. The molecule has 3 heteroatoms. The van der Waals surface area contributed by atoms with Gasteiger partial charge in [-0.05, 0) is 60.6 Å². The van der Waals surface area contributed by atoms with E-state index in [2.05, 4.69) is 88.1 Å². The van der Waals surface area contributed by atoms with Crippen LogP contribution < -0.4 is 0 Å². The van der Waals surface area contributed by atoms with E-state index in [1.54, 1.807) is 0 Å². The fraction of sp³-hybridized carbons (Fsp3) is 0.960. The van der Waals surface area contributed by atoms with Crippen molar-refractivity contribution in [2.45, 2.75) is 95.4 Å². The van der Waals surface area contributed by atoms with Crippen LogP contribution in [-0.2, 0) is 9.53 Å². The summed E-state index contributed by atoms with van der Waals surface area (Å²) in [5.41, 5.74) is 0.436. The topological polar surface area (TPSA) is 29.5 Å². The van der Waals surface area contributed by atoms with Crippen molar-refractivity contribution in [3.8, 4) is 0 Å². The van der Waals surface area contributed by atoms with Gasteiger partial charge in [0.15, 0.2) is 0 Å². The number of hydrogen-bond donors (Lipinski definition) is 0. The number of esters is 1. The normalized spacial score (nSPS) is 19.8. The van der Waals surface area contributed by atoms with Crippen molar-refractivity contribution in [1.82, 2.24) is 4.90 Å². The van der Waals surface area contributed by atoms with Gasteiger partial charge in [0.25, 0.3) is 0 Å². The molecule has 0 amide bonds. The van der Waals surface area contributed by atoms with E-state index in [1.165, 1.54) is 0 Å². The van der Waals surface area contributed by atoms with Gasteiger partial charge in [-0.1, -0.05) is 76.2 Å². The molecule has 166 valence electrons. The lowest BCUT2D eigenvalue weighted by Crippen LogP contribution is -2.55. The van der Waals surface area contributed by atoms with Crippen LogP contribution in [0, 0.1) is 33.0 Å². The fourth-order valence-electron chi connectivity index (χ4n) is 5.98. The van der Waals surface area contributed by atoms with Crippen LogP contribution in [0.4, 0.5) is 0 Å². The molecule has 0 N–H and O–H groups in total. The number of carbonyl (C=O) groups is 1. The number of ether oxygens (including phenoxy) is 1. The highest BCUT2D eigenvalue weighted by atomic mass is 16.5. The zero-order valence-corrected chi connectivity index (χ0v) is 21.1. The Morgan fingerprint density at radius 3 is 1.68 bits per heavy atom. The molecule has 3 nitrogen and oxygen atoms in total. The molecule has 28 heavy (non-hydrogen) atoms. The Kier molecular flexibility index (Phi) is 7.53. The maximum Gasteiger partial charge on any atom is 0.306 e. The quantitative estimate of drug-likeness (QED) is 0.504. The van der Waals surface area contributed by atoms with Gasteiger partial charge in [0.05, 0.1) is 6.61 Å². The summed E-state index contributed by atoms with van der Waals surface area (Å²) < 4.78 is 5.98. The van der Waals surface area contributed by atoms with Crippen molar-refractivity contribution < 1.29 is 9.53 Å². The predicted molar refractivity (Wildman–Crippen MR) is 120 cm³/mol. The number of nitrogens with zero attached hydrogens (tertiary/aromatic N) is 1. The second-order valence-corrected chi connectivity index (χ2v) is 13.2. The summed E-state index contributed by atoms with van der Waals surface area (Å²) in [5, 5.41) is 0. The van der Waals surface area contributed by atoms with Crippen LogP contribution in [-0.4, -0.2) is 37.6 Å². The van der Waals surface area contributed by atoms with Crippen LogP contribution in [0.1, 0.15) is 95.4 Å². The average molecular weight is 396 g/mol. The zero-order chi connectivity index (χ0) is 22.2. The number of piperidine rings is 1. The molecular formula is C25H49NO2. The van der Waals surface area contributed by atoms with Gasteiger partial charge >= 0.3 is 5.97 Å². The summed E-state index contributed by atoms with van der Waals surface area (Å²) in [4.78, 5) is 15.3. The number of likely N-dealkylation sites (tertiary alicyclic amines) is 1. The van der Waals surface area contributed by atoms with Gasteiger partial charge in [-0.25, -0.2) is 0 Å². The Morgan fingerprint density at radius 2 is 1.32 bits per heavy atom. The maximum atomic E-state index is 12.9. The molecule has 1 rings (SSSR count). The third-order valence-electron chi connectivity index (χ3n) is 7.63. The van der Waals surface area contributed by atoms with E-state index in [9.17, 15) is 4.79 Å². The van der Waals surface area contributed by atoms with E-state index in [0.717, 1.165) is 25.9 Å². The summed E-state index contributed by atoms with van der Waals surface area (Å²) in [6.45, 7) is 27.8. The van der Waals surface area contributed by atoms with Crippen molar-refractivity contribution in [2.24, 2.45) is 33.0 Å². The summed E-state index contributed by atoms with van der Waals surface area (Å²) in [7, 11) is 2.21. The smallest absolute Gasteiger partial charge is 0.306 e. The summed E-state index contributed by atoms with van der Waals surface area (Å²) >= 11 is 0. The molecule has 1 aliphatic rings. The van der Waals surface area contributed by atoms with Crippen LogP contribution in [0.3, 0.4) is 0 Å². The molecule has 0 saturated carbocycles. The minimum atomic E-state index is -0.0544. The van der Waals surface area contributed by atoms with Gasteiger partial charge in [0.1, 0.15) is 0 Å². The highest BCUT2D eigenvalue weighted by Gasteiger charge is 2.53. The molecule has 0 aromatic heterocycles. The first-order chi connectivity index (χ1) is 12.3. The van der Waals surface area contributed by atoms with Crippen molar-refractivity contribution in [3.63, 3.8) is 0 Å². The van der Waals surface area contributed by atoms with Crippen molar-refractivity contribution >= 4 is 5.97 Å². The van der Waals surface area contributed by atoms with E-state index >= 15 is 0 Å². The number of carbonyl (C=O) groups excluding carboxylic acids is 1. The summed E-state index contributed by atoms with van der Waals surface area (Å²) in [5.74, 6) is 0.246. The molecule has 1 fully saturated rings.